The van der Waals surface area contributed by atoms with Gasteiger partial charge in [0, 0.05) is 10.7 Å². The average Bonchev–Trinajstić information content (AvgIpc) is 2.75. The maximum Gasteiger partial charge on any atom is 0.362 e. The molecule has 8 nitrogen and oxygen atoms in total. The van der Waals surface area contributed by atoms with Crippen molar-refractivity contribution >= 4 is 29.2 Å². The number of carbonyl (C=O) groups excluding carboxylic acids is 2. The van der Waals surface area contributed by atoms with Crippen molar-refractivity contribution in [2.24, 2.45) is 0 Å². The standard InChI is InChI=1S/C22H20ClN3O5/c1-3-30-22(29)21-18(31-13-19(27)24-16-8-6-15(23)7-9-16)12-20(28)26(25-21)17-10-4-14(2)5-11-17/h4-12H,3,13H2,1-2H3,(H,24,27). The van der Waals surface area contributed by atoms with E-state index < -0.39 is 24.0 Å². The van der Waals surface area contributed by atoms with Gasteiger partial charge in [0.05, 0.1) is 18.4 Å². The lowest BCUT2D eigenvalue weighted by Crippen LogP contribution is -2.27. The van der Waals surface area contributed by atoms with Crippen molar-refractivity contribution in [3.63, 3.8) is 0 Å². The molecule has 0 bridgehead atoms. The maximum absolute atomic E-state index is 12.6. The number of ether oxygens (including phenoxy) is 2. The molecule has 2 aromatic carbocycles. The molecule has 3 aromatic rings. The van der Waals surface area contributed by atoms with E-state index in [0.29, 0.717) is 16.4 Å². The highest BCUT2D eigenvalue weighted by atomic mass is 35.5. The molecule has 0 saturated carbocycles. The van der Waals surface area contributed by atoms with Gasteiger partial charge in [-0.3, -0.25) is 9.59 Å². The molecule has 0 aliphatic heterocycles. The summed E-state index contributed by atoms with van der Waals surface area (Å²) in [5.74, 6) is -1.39. The van der Waals surface area contributed by atoms with Crippen LogP contribution in [0.4, 0.5) is 5.69 Å². The first-order chi connectivity index (χ1) is 14.9. The third kappa shape index (κ3) is 5.70. The molecule has 1 N–H and O–H groups in total. The van der Waals surface area contributed by atoms with Crippen molar-refractivity contribution in [1.82, 2.24) is 9.78 Å². The molecule has 1 heterocycles. The zero-order valence-corrected chi connectivity index (χ0v) is 17.7. The van der Waals surface area contributed by atoms with E-state index >= 15 is 0 Å². The van der Waals surface area contributed by atoms with Crippen LogP contribution in [0, 0.1) is 6.92 Å². The molecule has 0 spiro atoms. The molecule has 1 amide bonds. The van der Waals surface area contributed by atoms with E-state index in [2.05, 4.69) is 10.4 Å². The summed E-state index contributed by atoms with van der Waals surface area (Å²) in [6.45, 7) is 3.23. The average molecular weight is 442 g/mol. The molecular weight excluding hydrogens is 422 g/mol. The number of aryl methyl sites for hydroxylation is 1. The Morgan fingerprint density at radius 3 is 2.42 bits per heavy atom. The largest absolute Gasteiger partial charge is 0.481 e. The third-order valence-corrected chi connectivity index (χ3v) is 4.38. The fourth-order valence-electron chi connectivity index (χ4n) is 2.64. The highest BCUT2D eigenvalue weighted by molar-refractivity contribution is 6.30. The van der Waals surface area contributed by atoms with Gasteiger partial charge in [-0.15, -0.1) is 0 Å². The zero-order valence-electron chi connectivity index (χ0n) is 16.9. The Bertz CT molecular complexity index is 1140. The van der Waals surface area contributed by atoms with Crippen LogP contribution in [0.3, 0.4) is 0 Å². The van der Waals surface area contributed by atoms with Gasteiger partial charge < -0.3 is 14.8 Å². The Labute approximate surface area is 183 Å². The van der Waals surface area contributed by atoms with Crippen molar-refractivity contribution in [2.75, 3.05) is 18.5 Å². The van der Waals surface area contributed by atoms with Gasteiger partial charge in [-0.2, -0.15) is 9.78 Å². The first-order valence-electron chi connectivity index (χ1n) is 9.44. The Morgan fingerprint density at radius 2 is 1.77 bits per heavy atom. The normalized spacial score (nSPS) is 10.4. The molecule has 160 valence electrons. The van der Waals surface area contributed by atoms with Crippen LogP contribution >= 0.6 is 11.6 Å². The van der Waals surface area contributed by atoms with Crippen molar-refractivity contribution < 1.29 is 19.1 Å². The summed E-state index contributed by atoms with van der Waals surface area (Å²) in [7, 11) is 0. The van der Waals surface area contributed by atoms with E-state index in [1.54, 1.807) is 43.3 Å². The molecule has 31 heavy (non-hydrogen) atoms. The second-order valence-corrected chi connectivity index (χ2v) is 6.94. The van der Waals surface area contributed by atoms with Crippen molar-refractivity contribution in [3.8, 4) is 11.4 Å². The van der Waals surface area contributed by atoms with Crippen molar-refractivity contribution in [2.45, 2.75) is 13.8 Å². The number of nitrogens with one attached hydrogen (secondary N) is 1. The molecule has 0 fully saturated rings. The number of amides is 1. The monoisotopic (exact) mass is 441 g/mol. The Balaban J connectivity index is 1.84. The van der Waals surface area contributed by atoms with E-state index in [9.17, 15) is 14.4 Å². The van der Waals surface area contributed by atoms with Gasteiger partial charge in [-0.1, -0.05) is 29.3 Å². The van der Waals surface area contributed by atoms with Gasteiger partial charge in [0.25, 0.3) is 11.5 Å². The number of anilines is 1. The van der Waals surface area contributed by atoms with Crippen LogP contribution in [0.2, 0.25) is 5.02 Å². The Morgan fingerprint density at radius 1 is 1.10 bits per heavy atom. The molecule has 0 radical (unpaired) electrons. The minimum atomic E-state index is -0.767. The molecular formula is C22H20ClN3O5. The van der Waals surface area contributed by atoms with Crippen LogP contribution < -0.4 is 15.6 Å². The van der Waals surface area contributed by atoms with Crippen molar-refractivity contribution in [1.29, 1.82) is 0 Å². The second kappa shape index (κ2) is 9.90. The molecule has 1 aromatic heterocycles. The van der Waals surface area contributed by atoms with Crippen LogP contribution in [0.1, 0.15) is 23.0 Å². The highest BCUT2D eigenvalue weighted by Crippen LogP contribution is 2.17. The number of carbonyl (C=O) groups is 2. The molecule has 9 heteroatoms. The predicted octanol–water partition coefficient (Wildman–Crippen LogP) is 3.39. The molecule has 0 atom stereocenters. The SMILES string of the molecule is CCOC(=O)c1nn(-c2ccc(C)cc2)c(=O)cc1OCC(=O)Nc1ccc(Cl)cc1. The van der Waals surface area contributed by atoms with Crippen LogP contribution in [0.15, 0.2) is 59.4 Å². The number of halogens is 1. The lowest BCUT2D eigenvalue weighted by Gasteiger charge is -2.13. The fourth-order valence-corrected chi connectivity index (χ4v) is 2.76. The van der Waals surface area contributed by atoms with E-state index in [-0.39, 0.29) is 18.1 Å². The summed E-state index contributed by atoms with van der Waals surface area (Å²) < 4.78 is 11.5. The number of aromatic nitrogens is 2. The summed E-state index contributed by atoms with van der Waals surface area (Å²) >= 11 is 5.82. The van der Waals surface area contributed by atoms with E-state index in [1.165, 1.54) is 0 Å². The molecule has 0 unspecified atom stereocenters. The lowest BCUT2D eigenvalue weighted by molar-refractivity contribution is -0.118. The number of nitrogens with zero attached hydrogens (tertiary/aromatic N) is 2. The predicted molar refractivity (Wildman–Crippen MR) is 116 cm³/mol. The minimum Gasteiger partial charge on any atom is -0.481 e. The van der Waals surface area contributed by atoms with E-state index in [4.69, 9.17) is 21.1 Å². The second-order valence-electron chi connectivity index (χ2n) is 6.51. The van der Waals surface area contributed by atoms with Gasteiger partial charge >= 0.3 is 5.97 Å². The van der Waals surface area contributed by atoms with Crippen LogP contribution in [0.5, 0.6) is 5.75 Å². The Kier molecular flexibility index (Phi) is 7.04. The minimum absolute atomic E-state index is 0.112. The van der Waals surface area contributed by atoms with Gasteiger partial charge in [0.15, 0.2) is 12.4 Å². The van der Waals surface area contributed by atoms with E-state index in [1.807, 2.05) is 19.1 Å². The summed E-state index contributed by atoms with van der Waals surface area (Å²) in [6, 6.07) is 14.7. The maximum atomic E-state index is 12.6. The van der Waals surface area contributed by atoms with E-state index in [0.717, 1.165) is 16.3 Å². The lowest BCUT2D eigenvalue weighted by atomic mass is 10.2. The van der Waals surface area contributed by atoms with Crippen LogP contribution in [-0.2, 0) is 9.53 Å². The molecule has 3 rings (SSSR count). The number of hydrogen-bond donors (Lipinski definition) is 1. The number of rotatable bonds is 7. The summed E-state index contributed by atoms with van der Waals surface area (Å²) in [5, 5.41) is 7.28. The summed E-state index contributed by atoms with van der Waals surface area (Å²) in [5.41, 5.74) is 1.28. The first kappa shape index (κ1) is 22.0. The number of hydrogen-bond acceptors (Lipinski definition) is 6. The van der Waals surface area contributed by atoms with Crippen LogP contribution in [-0.4, -0.2) is 34.9 Å². The van der Waals surface area contributed by atoms with Crippen molar-refractivity contribution in [3.05, 3.63) is 81.2 Å². The topological polar surface area (TPSA) is 99.5 Å². The van der Waals surface area contributed by atoms with Gasteiger partial charge in [-0.05, 0) is 50.2 Å². The number of esters is 1. The fraction of sp³-hybridized carbons (Fsp3) is 0.182. The smallest absolute Gasteiger partial charge is 0.362 e. The molecule has 0 saturated heterocycles. The zero-order chi connectivity index (χ0) is 22.4. The highest BCUT2D eigenvalue weighted by Gasteiger charge is 2.20. The number of benzene rings is 2. The first-order valence-corrected chi connectivity index (χ1v) is 9.82. The van der Waals surface area contributed by atoms with Gasteiger partial charge in [0.1, 0.15) is 0 Å². The third-order valence-electron chi connectivity index (χ3n) is 4.13. The Hall–Kier alpha value is -3.65. The van der Waals surface area contributed by atoms with Gasteiger partial charge in [0.2, 0.25) is 5.69 Å². The van der Waals surface area contributed by atoms with Gasteiger partial charge in [-0.25, -0.2) is 4.79 Å². The van der Waals surface area contributed by atoms with Crippen LogP contribution in [0.25, 0.3) is 5.69 Å². The summed E-state index contributed by atoms with van der Waals surface area (Å²) in [6.07, 6.45) is 0. The quantitative estimate of drug-likeness (QED) is 0.564. The summed E-state index contributed by atoms with van der Waals surface area (Å²) in [4.78, 5) is 37.2. The molecule has 0 aliphatic carbocycles. The molecule has 0 aliphatic rings.